The second-order valence-electron chi connectivity index (χ2n) is 8.11. The van der Waals surface area contributed by atoms with Crippen LogP contribution in [-0.2, 0) is 17.8 Å². The number of piperidine rings is 2. The molecule has 2 aromatic rings. The van der Waals surface area contributed by atoms with Gasteiger partial charge in [-0.3, -0.25) is 9.69 Å². The fourth-order valence-corrected chi connectivity index (χ4v) is 4.59. The molecule has 1 atom stereocenters. The molecule has 1 amide bonds. The summed E-state index contributed by atoms with van der Waals surface area (Å²) in [7, 11) is 0. The Morgan fingerprint density at radius 3 is 2.56 bits per heavy atom. The minimum absolute atomic E-state index is 0.152. The van der Waals surface area contributed by atoms with Crippen LogP contribution in [0.15, 0.2) is 53.1 Å². The van der Waals surface area contributed by atoms with Crippen molar-refractivity contribution in [3.05, 3.63) is 60.1 Å². The molecule has 0 N–H and O–H groups in total. The lowest BCUT2D eigenvalue weighted by molar-refractivity contribution is -0.138. The van der Waals surface area contributed by atoms with E-state index < -0.39 is 0 Å². The molecular formula is C23H30N2O2. The number of rotatable bonds is 5. The molecule has 4 heteroatoms. The molecule has 2 aliphatic heterocycles. The van der Waals surface area contributed by atoms with Gasteiger partial charge in [0.2, 0.25) is 5.91 Å². The Bertz CT molecular complexity index is 705. The molecule has 4 rings (SSSR count). The molecule has 0 spiro atoms. The summed E-state index contributed by atoms with van der Waals surface area (Å²) in [6.07, 6.45) is 7.25. The van der Waals surface area contributed by atoms with Crippen molar-refractivity contribution in [2.45, 2.75) is 38.6 Å². The summed E-state index contributed by atoms with van der Waals surface area (Å²) < 4.78 is 5.47. The highest BCUT2D eigenvalue weighted by molar-refractivity contribution is 5.79. The van der Waals surface area contributed by atoms with Gasteiger partial charge in [-0.15, -0.1) is 0 Å². The summed E-state index contributed by atoms with van der Waals surface area (Å²) >= 11 is 0. The summed E-state index contributed by atoms with van der Waals surface area (Å²) in [6.45, 7) is 4.58. The summed E-state index contributed by atoms with van der Waals surface area (Å²) in [5.41, 5.74) is 1.42. The Morgan fingerprint density at radius 2 is 1.81 bits per heavy atom. The van der Waals surface area contributed by atoms with Crippen molar-refractivity contribution in [2.24, 2.45) is 11.8 Å². The van der Waals surface area contributed by atoms with Crippen LogP contribution < -0.4 is 0 Å². The number of hydrogen-bond donors (Lipinski definition) is 0. The topological polar surface area (TPSA) is 36.7 Å². The Balaban J connectivity index is 1.26. The molecule has 1 aromatic heterocycles. The van der Waals surface area contributed by atoms with E-state index in [2.05, 4.69) is 40.1 Å². The predicted octanol–water partition coefficient (Wildman–Crippen LogP) is 3.97. The van der Waals surface area contributed by atoms with Crippen molar-refractivity contribution in [3.63, 3.8) is 0 Å². The third-order valence-electron chi connectivity index (χ3n) is 6.11. The standard InChI is InChI=1S/C23H30N2O2/c26-23(21-8-4-12-24(17-21)18-22-9-5-15-27-22)25-13-10-20(11-14-25)16-19-6-2-1-3-7-19/h1-3,5-7,9,15,20-21H,4,8,10-14,16-18H2/t21-/m0/s1. The van der Waals surface area contributed by atoms with Crippen LogP contribution in [0.25, 0.3) is 0 Å². The smallest absolute Gasteiger partial charge is 0.226 e. The summed E-state index contributed by atoms with van der Waals surface area (Å²) in [5.74, 6) is 2.22. The van der Waals surface area contributed by atoms with E-state index in [1.54, 1.807) is 6.26 Å². The molecule has 0 radical (unpaired) electrons. The Morgan fingerprint density at radius 1 is 1.00 bits per heavy atom. The first kappa shape index (κ1) is 18.3. The van der Waals surface area contributed by atoms with Gasteiger partial charge in [-0.25, -0.2) is 0 Å². The molecule has 3 heterocycles. The second-order valence-corrected chi connectivity index (χ2v) is 8.11. The second kappa shape index (κ2) is 8.75. The largest absolute Gasteiger partial charge is 0.468 e. The minimum atomic E-state index is 0.152. The molecule has 0 unspecified atom stereocenters. The van der Waals surface area contributed by atoms with Crippen LogP contribution in [-0.4, -0.2) is 41.9 Å². The third-order valence-corrected chi connectivity index (χ3v) is 6.11. The molecule has 0 bridgehead atoms. The lowest BCUT2D eigenvalue weighted by atomic mass is 9.89. The molecule has 4 nitrogen and oxygen atoms in total. The number of likely N-dealkylation sites (tertiary alicyclic amines) is 2. The van der Waals surface area contributed by atoms with Crippen molar-refractivity contribution in [1.29, 1.82) is 0 Å². The quantitative estimate of drug-likeness (QED) is 0.803. The maximum atomic E-state index is 13.0. The van der Waals surface area contributed by atoms with E-state index in [-0.39, 0.29) is 5.92 Å². The lowest BCUT2D eigenvalue weighted by Gasteiger charge is -2.37. The van der Waals surface area contributed by atoms with Crippen molar-refractivity contribution in [1.82, 2.24) is 9.80 Å². The van der Waals surface area contributed by atoms with Gasteiger partial charge in [0, 0.05) is 19.6 Å². The van der Waals surface area contributed by atoms with Gasteiger partial charge in [-0.05, 0) is 62.3 Å². The zero-order chi connectivity index (χ0) is 18.5. The number of carbonyl (C=O) groups is 1. The number of nitrogens with zero attached hydrogens (tertiary/aromatic N) is 2. The molecule has 1 aromatic carbocycles. The van der Waals surface area contributed by atoms with Gasteiger partial charge >= 0.3 is 0 Å². The first-order chi connectivity index (χ1) is 13.3. The van der Waals surface area contributed by atoms with Gasteiger partial charge in [0.15, 0.2) is 0 Å². The minimum Gasteiger partial charge on any atom is -0.468 e. The van der Waals surface area contributed by atoms with Crippen molar-refractivity contribution < 1.29 is 9.21 Å². The molecule has 144 valence electrons. The van der Waals surface area contributed by atoms with Crippen LogP contribution >= 0.6 is 0 Å². The SMILES string of the molecule is O=C([C@H]1CCCN(Cc2ccco2)C1)N1CCC(Cc2ccccc2)CC1. The fourth-order valence-electron chi connectivity index (χ4n) is 4.59. The van der Waals surface area contributed by atoms with Gasteiger partial charge in [0.05, 0.1) is 18.7 Å². The van der Waals surface area contributed by atoms with Crippen LogP contribution in [0, 0.1) is 11.8 Å². The van der Waals surface area contributed by atoms with Crippen molar-refractivity contribution >= 4 is 5.91 Å². The first-order valence-electron chi connectivity index (χ1n) is 10.4. The Labute approximate surface area is 162 Å². The average Bonchev–Trinajstić information content (AvgIpc) is 3.22. The van der Waals surface area contributed by atoms with Crippen LogP contribution in [0.1, 0.15) is 37.0 Å². The number of amides is 1. The maximum absolute atomic E-state index is 13.0. The van der Waals surface area contributed by atoms with Crippen molar-refractivity contribution in [3.8, 4) is 0 Å². The van der Waals surface area contributed by atoms with Gasteiger partial charge in [0.1, 0.15) is 5.76 Å². The molecule has 2 aliphatic rings. The number of benzene rings is 1. The Kier molecular flexibility index (Phi) is 5.93. The summed E-state index contributed by atoms with van der Waals surface area (Å²) in [4.78, 5) is 17.5. The van der Waals surface area contributed by atoms with E-state index in [0.29, 0.717) is 11.8 Å². The predicted molar refractivity (Wildman–Crippen MR) is 106 cm³/mol. The summed E-state index contributed by atoms with van der Waals surface area (Å²) in [6, 6.07) is 14.7. The number of hydrogen-bond acceptors (Lipinski definition) is 3. The maximum Gasteiger partial charge on any atom is 0.226 e. The van der Waals surface area contributed by atoms with Gasteiger partial charge < -0.3 is 9.32 Å². The zero-order valence-electron chi connectivity index (χ0n) is 16.1. The van der Waals surface area contributed by atoms with E-state index in [4.69, 9.17) is 4.42 Å². The summed E-state index contributed by atoms with van der Waals surface area (Å²) in [5, 5.41) is 0. The van der Waals surface area contributed by atoms with Gasteiger partial charge in [-0.1, -0.05) is 30.3 Å². The molecule has 27 heavy (non-hydrogen) atoms. The molecule has 2 saturated heterocycles. The van der Waals surface area contributed by atoms with E-state index in [0.717, 1.165) is 70.6 Å². The Hall–Kier alpha value is -2.07. The highest BCUT2D eigenvalue weighted by Gasteiger charge is 2.31. The van der Waals surface area contributed by atoms with Crippen LogP contribution in [0.5, 0.6) is 0 Å². The number of furan rings is 1. The van der Waals surface area contributed by atoms with Crippen LogP contribution in [0.2, 0.25) is 0 Å². The number of carbonyl (C=O) groups excluding carboxylic acids is 1. The molecule has 0 saturated carbocycles. The first-order valence-corrected chi connectivity index (χ1v) is 10.4. The van der Waals surface area contributed by atoms with Gasteiger partial charge in [0.25, 0.3) is 0 Å². The zero-order valence-corrected chi connectivity index (χ0v) is 16.1. The highest BCUT2D eigenvalue weighted by Crippen LogP contribution is 2.26. The molecular weight excluding hydrogens is 336 g/mol. The highest BCUT2D eigenvalue weighted by atomic mass is 16.3. The molecule has 2 fully saturated rings. The monoisotopic (exact) mass is 366 g/mol. The average molecular weight is 367 g/mol. The fraction of sp³-hybridized carbons (Fsp3) is 0.522. The molecule has 0 aliphatic carbocycles. The van der Waals surface area contributed by atoms with E-state index >= 15 is 0 Å². The third kappa shape index (κ3) is 4.81. The van der Waals surface area contributed by atoms with Crippen molar-refractivity contribution in [2.75, 3.05) is 26.2 Å². The van der Waals surface area contributed by atoms with E-state index in [1.807, 2.05) is 12.1 Å². The van der Waals surface area contributed by atoms with Gasteiger partial charge in [-0.2, -0.15) is 0 Å². The van der Waals surface area contributed by atoms with E-state index in [1.165, 1.54) is 5.56 Å². The van der Waals surface area contributed by atoms with Crippen LogP contribution in [0.4, 0.5) is 0 Å². The normalized spacial score (nSPS) is 22.1. The van der Waals surface area contributed by atoms with E-state index in [9.17, 15) is 4.79 Å². The van der Waals surface area contributed by atoms with Crippen LogP contribution in [0.3, 0.4) is 0 Å². The lowest BCUT2D eigenvalue weighted by Crippen LogP contribution is -2.47.